The number of carbonyl (C=O) groups is 2. The molecule has 83 heavy (non-hydrogen) atoms. The molecule has 10 aromatic rings. The number of amides is 2. The van der Waals surface area contributed by atoms with Crippen LogP contribution < -0.4 is 4.74 Å². The molecular weight excluding hydrogens is 1130 g/mol. The van der Waals surface area contributed by atoms with Gasteiger partial charge in [-0.25, -0.2) is 36.3 Å². The van der Waals surface area contributed by atoms with Gasteiger partial charge in [0, 0.05) is 67.6 Å². The van der Waals surface area contributed by atoms with Crippen molar-refractivity contribution in [2.45, 2.75) is 62.5 Å². The van der Waals surface area contributed by atoms with Crippen LogP contribution in [-0.4, -0.2) is 72.0 Å². The zero-order valence-corrected chi connectivity index (χ0v) is 46.5. The van der Waals surface area contributed by atoms with Crippen molar-refractivity contribution in [2.75, 3.05) is 26.2 Å². The molecule has 0 saturated carbocycles. The number of alkyl halides is 1. The number of ether oxygens (including phenoxy) is 1. The van der Waals surface area contributed by atoms with Gasteiger partial charge < -0.3 is 28.8 Å². The predicted octanol–water partition coefficient (Wildman–Crippen LogP) is 14.9. The molecule has 2 aromatic heterocycles. The van der Waals surface area contributed by atoms with Crippen molar-refractivity contribution in [1.82, 2.24) is 28.9 Å². The number of nitrogens with zero attached hydrogens (tertiary/aromatic N) is 6. The number of hydrogen-bond donors (Lipinski definition) is 1. The van der Waals surface area contributed by atoms with Crippen LogP contribution in [0.1, 0.15) is 92.1 Å². The zero-order valence-electron chi connectivity index (χ0n) is 45.0. The van der Waals surface area contributed by atoms with Gasteiger partial charge in [0.25, 0.3) is 11.8 Å². The molecule has 0 aliphatic carbocycles. The molecule has 2 aliphatic heterocycles. The van der Waals surface area contributed by atoms with E-state index in [0.717, 1.165) is 69.3 Å². The van der Waals surface area contributed by atoms with Crippen LogP contribution in [0.3, 0.4) is 0 Å². The Hall–Kier alpha value is -8.70. The first-order valence-corrected chi connectivity index (χ1v) is 28.3. The fraction of sp³-hybridized carbons (Fsp3) is 0.212. The maximum absolute atomic E-state index is 14.8. The fourth-order valence-corrected chi connectivity index (χ4v) is 11.0. The van der Waals surface area contributed by atoms with Crippen LogP contribution in [0.25, 0.3) is 22.1 Å². The minimum absolute atomic E-state index is 0.00159. The second-order valence-electron chi connectivity index (χ2n) is 20.5. The third-order valence-electron chi connectivity index (χ3n) is 14.8. The van der Waals surface area contributed by atoms with E-state index in [1.54, 1.807) is 46.2 Å². The number of aromatic hydroxyl groups is 1. The van der Waals surface area contributed by atoms with Crippen LogP contribution in [0, 0.1) is 34.9 Å². The van der Waals surface area contributed by atoms with Crippen molar-refractivity contribution >= 4 is 49.8 Å². The Morgan fingerprint density at radius 3 is 1.33 bits per heavy atom. The number of phenolic OH excluding ortho intramolecular Hbond substituents is 1. The summed E-state index contributed by atoms with van der Waals surface area (Å²) in [6.45, 7) is 3.08. The lowest BCUT2D eigenvalue weighted by atomic mass is 9.95. The van der Waals surface area contributed by atoms with Crippen LogP contribution in [-0.2, 0) is 25.0 Å². The third-order valence-corrected chi connectivity index (χ3v) is 15.5. The van der Waals surface area contributed by atoms with E-state index in [2.05, 4.69) is 25.1 Å². The lowest BCUT2D eigenvalue weighted by Gasteiger charge is -2.32. The van der Waals surface area contributed by atoms with Crippen LogP contribution in [0.15, 0.2) is 182 Å². The van der Waals surface area contributed by atoms with E-state index in [-0.39, 0.29) is 70.4 Å². The highest BCUT2D eigenvalue weighted by Crippen LogP contribution is 2.34. The Labute approximate surface area is 484 Å². The number of phenols is 1. The number of rotatable bonds is 12. The van der Waals surface area contributed by atoms with Crippen molar-refractivity contribution in [3.63, 3.8) is 0 Å². The Kier molecular flexibility index (Phi) is 18.4. The summed E-state index contributed by atoms with van der Waals surface area (Å²) < 4.78 is 91.7. The summed E-state index contributed by atoms with van der Waals surface area (Å²) in [6, 6.07) is 49.3. The van der Waals surface area contributed by atoms with Gasteiger partial charge in [-0.05, 0) is 157 Å². The summed E-state index contributed by atoms with van der Waals surface area (Å²) in [5, 5.41) is 10.1. The molecule has 17 heteroatoms. The van der Waals surface area contributed by atoms with E-state index in [4.69, 9.17) is 14.7 Å². The van der Waals surface area contributed by atoms with E-state index in [1.165, 1.54) is 72.8 Å². The zero-order chi connectivity index (χ0) is 58.0. The molecule has 2 aliphatic rings. The van der Waals surface area contributed by atoms with Crippen LogP contribution in [0.5, 0.6) is 11.5 Å². The van der Waals surface area contributed by atoms with Gasteiger partial charge in [-0.2, -0.15) is 0 Å². The van der Waals surface area contributed by atoms with Crippen molar-refractivity contribution in [3.05, 3.63) is 262 Å². The van der Waals surface area contributed by atoms with E-state index in [9.17, 15) is 41.0 Å². The topological polar surface area (TPSA) is 106 Å². The molecular formula is C66H57BrF6N6O4. The minimum atomic E-state index is -0.804. The second-order valence-corrected chi connectivity index (χ2v) is 21.0. The first-order chi connectivity index (χ1) is 40.3. The molecule has 10 nitrogen and oxygen atoms in total. The maximum atomic E-state index is 14.8. The van der Waals surface area contributed by atoms with Gasteiger partial charge in [-0.1, -0.05) is 88.7 Å². The van der Waals surface area contributed by atoms with Crippen molar-refractivity contribution in [2.24, 2.45) is 0 Å². The monoisotopic (exact) mass is 1190 g/mol. The second kappa shape index (κ2) is 26.5. The number of halogens is 7. The van der Waals surface area contributed by atoms with Gasteiger partial charge in [-0.3, -0.25) is 9.59 Å². The summed E-state index contributed by atoms with van der Waals surface area (Å²) in [7, 11) is 0. The van der Waals surface area contributed by atoms with E-state index < -0.39 is 17.4 Å². The maximum Gasteiger partial charge on any atom is 0.253 e. The number of carbonyl (C=O) groups excluding carboxylic acids is 2. The molecule has 12 rings (SSSR count). The van der Waals surface area contributed by atoms with Crippen LogP contribution in [0.4, 0.5) is 26.3 Å². The Balaban J connectivity index is 0.000000164. The number of imidazole rings is 2. The largest absolute Gasteiger partial charge is 0.505 e. The van der Waals surface area contributed by atoms with E-state index >= 15 is 0 Å². The third kappa shape index (κ3) is 14.1. The normalized spacial score (nSPS) is 13.8. The van der Waals surface area contributed by atoms with Gasteiger partial charge in [0.05, 0.1) is 22.1 Å². The average Bonchev–Trinajstić information content (AvgIpc) is 4.22. The SMILES string of the molecule is Fc1cccc(CBr)c1.O=C(c1ccc(O)c(F)c1)N1CCC(c2nc3ccccc3n2Cc2cccc(F)c2)CC1.O=C(c1ccc(OCc2cccc(F)c2)c(F)c1)N1CCC(c2nc3ccccc3n2Cc2cccc(F)c2)CC1. The first-order valence-electron chi connectivity index (χ1n) is 27.2. The molecule has 1 N–H and O–H groups in total. The lowest BCUT2D eigenvalue weighted by molar-refractivity contribution is 0.0702. The first kappa shape index (κ1) is 57.5. The van der Waals surface area contributed by atoms with Gasteiger partial charge >= 0.3 is 0 Å². The molecule has 2 amide bonds. The highest BCUT2D eigenvalue weighted by atomic mass is 79.9. The number of para-hydroxylation sites is 4. The molecule has 4 heterocycles. The number of fused-ring (bicyclic) bond motifs is 2. The highest BCUT2D eigenvalue weighted by Gasteiger charge is 2.31. The number of likely N-dealkylation sites (tertiary alicyclic amines) is 2. The van der Waals surface area contributed by atoms with Gasteiger partial charge in [0.2, 0.25) is 0 Å². The van der Waals surface area contributed by atoms with Crippen molar-refractivity contribution in [1.29, 1.82) is 0 Å². The fourth-order valence-electron chi connectivity index (χ4n) is 10.6. The number of hydrogen-bond acceptors (Lipinski definition) is 6. The Morgan fingerprint density at radius 2 is 0.892 bits per heavy atom. The molecule has 424 valence electrons. The van der Waals surface area contributed by atoms with Gasteiger partial charge in [0.1, 0.15) is 41.5 Å². The van der Waals surface area contributed by atoms with E-state index in [0.29, 0.717) is 63.0 Å². The van der Waals surface area contributed by atoms with Crippen LogP contribution in [0.2, 0.25) is 0 Å². The summed E-state index contributed by atoms with van der Waals surface area (Å²) in [6.07, 6.45) is 2.85. The molecule has 0 spiro atoms. The van der Waals surface area contributed by atoms with Crippen molar-refractivity contribution in [3.8, 4) is 11.5 Å². The summed E-state index contributed by atoms with van der Waals surface area (Å²) >= 11 is 3.22. The highest BCUT2D eigenvalue weighted by molar-refractivity contribution is 9.08. The quantitative estimate of drug-likeness (QED) is 0.0965. The molecule has 0 bridgehead atoms. The van der Waals surface area contributed by atoms with Gasteiger partial charge in [0.15, 0.2) is 23.1 Å². The lowest BCUT2D eigenvalue weighted by Crippen LogP contribution is -2.38. The van der Waals surface area contributed by atoms with Gasteiger partial charge in [-0.15, -0.1) is 0 Å². The van der Waals surface area contributed by atoms with E-state index in [1.807, 2.05) is 66.7 Å². The molecule has 2 fully saturated rings. The average molecular weight is 1190 g/mol. The Bertz CT molecular complexity index is 3910. The number of aromatic nitrogens is 4. The minimum Gasteiger partial charge on any atom is -0.505 e. The smallest absolute Gasteiger partial charge is 0.253 e. The standard InChI is InChI=1S/C33H28F3N3O2.C26H23F2N3O2.C7H6BrF/c34-26-7-3-5-22(17-26)20-39-30-10-2-1-9-29(30)37-32(39)24-13-15-38(16-14-24)33(40)25-11-12-31(28(36)19-25)41-21-23-6-4-8-27(35)18-23;27-20-5-3-4-17(14-20)16-31-23-7-2-1-6-22(23)29-25(31)18-10-12-30(13-11-18)26(33)19-8-9-24(32)21(28)15-19;8-5-6-2-1-3-7(9)4-6/h1-12,17-19,24H,13-16,20-21H2;1-9,14-15,18,32H,10-13,16H2;1-4H,5H2. The Morgan fingerprint density at radius 1 is 0.482 bits per heavy atom. The molecule has 8 aromatic carbocycles. The molecule has 0 atom stereocenters. The van der Waals surface area contributed by atoms with Crippen LogP contribution >= 0.6 is 15.9 Å². The molecule has 0 unspecified atom stereocenters. The molecule has 0 radical (unpaired) electrons. The summed E-state index contributed by atoms with van der Waals surface area (Å²) in [5.41, 5.74) is 7.49. The summed E-state index contributed by atoms with van der Waals surface area (Å²) in [4.78, 5) is 39.3. The summed E-state index contributed by atoms with van der Waals surface area (Å²) in [5.74, 6) is -1.39. The molecule has 2 saturated heterocycles. The number of benzene rings is 8. The number of piperidine rings is 2. The predicted molar refractivity (Wildman–Crippen MR) is 310 cm³/mol. The van der Waals surface area contributed by atoms with Crippen molar-refractivity contribution < 1.29 is 45.8 Å².